The number of pyridine rings is 1. The lowest BCUT2D eigenvalue weighted by Crippen LogP contribution is -1.96. The molecule has 1 aromatic heterocycles. The zero-order valence-electron chi connectivity index (χ0n) is 7.88. The lowest BCUT2D eigenvalue weighted by atomic mass is 10.1. The number of aromatic hydroxyl groups is 1. The summed E-state index contributed by atoms with van der Waals surface area (Å²) in [7, 11) is 0. The van der Waals surface area contributed by atoms with Crippen molar-refractivity contribution in [3.63, 3.8) is 0 Å². The summed E-state index contributed by atoms with van der Waals surface area (Å²) in [6.45, 7) is 0.351. The predicted molar refractivity (Wildman–Crippen MR) is 65.8 cm³/mol. The molecule has 1 aromatic carbocycles. The van der Waals surface area contributed by atoms with Crippen LogP contribution in [0.25, 0.3) is 10.8 Å². The van der Waals surface area contributed by atoms with Gasteiger partial charge in [0.15, 0.2) is 0 Å². The fourth-order valence-corrected chi connectivity index (χ4v) is 1.36. The Labute approximate surface area is 100 Å². The van der Waals surface area contributed by atoms with Crippen molar-refractivity contribution in [2.45, 2.75) is 6.54 Å². The molecule has 3 nitrogen and oxygen atoms in total. The molecule has 5 heteroatoms. The topological polar surface area (TPSA) is 59.1 Å². The van der Waals surface area contributed by atoms with Crippen LogP contribution in [0.3, 0.4) is 0 Å². The van der Waals surface area contributed by atoms with Gasteiger partial charge in [-0.05, 0) is 6.07 Å². The highest BCUT2D eigenvalue weighted by Crippen LogP contribution is 2.27. The van der Waals surface area contributed by atoms with Crippen LogP contribution < -0.4 is 5.73 Å². The van der Waals surface area contributed by atoms with E-state index in [9.17, 15) is 5.11 Å². The van der Waals surface area contributed by atoms with Crippen LogP contribution in [0.15, 0.2) is 30.6 Å². The number of hydrogen-bond donors (Lipinski definition) is 2. The Morgan fingerprint density at radius 3 is 2.60 bits per heavy atom. The summed E-state index contributed by atoms with van der Waals surface area (Å²) in [5.41, 5.74) is 6.23. The van der Waals surface area contributed by atoms with Crippen LogP contribution in [-0.4, -0.2) is 10.1 Å². The van der Waals surface area contributed by atoms with Gasteiger partial charge in [-0.2, -0.15) is 0 Å². The molecule has 3 N–H and O–H groups in total. The molecule has 0 saturated heterocycles. The smallest absolute Gasteiger partial charge is 0.127 e. The van der Waals surface area contributed by atoms with Gasteiger partial charge < -0.3 is 10.8 Å². The molecule has 82 valence electrons. The molecule has 0 atom stereocenters. The Bertz CT molecular complexity index is 448. The standard InChI is InChI=1S/C10H10N2O.2ClH/c11-5-7-1-2-8-6-12-4-3-9(8)10(7)13;;/h1-4,6,13H,5,11H2;2*1H. The number of phenols is 1. The summed E-state index contributed by atoms with van der Waals surface area (Å²) in [5, 5.41) is 11.5. The molecule has 2 aromatic rings. The maximum Gasteiger partial charge on any atom is 0.127 e. The molecule has 0 radical (unpaired) electrons. The third kappa shape index (κ3) is 2.50. The first-order valence-corrected chi connectivity index (χ1v) is 4.07. The summed E-state index contributed by atoms with van der Waals surface area (Å²) in [5.74, 6) is 0.266. The first kappa shape index (κ1) is 14.0. The predicted octanol–water partition coefficient (Wildman–Crippen LogP) is 2.24. The molecule has 0 unspecified atom stereocenters. The van der Waals surface area contributed by atoms with Crippen LogP contribution >= 0.6 is 24.8 Å². The second-order valence-corrected chi connectivity index (χ2v) is 2.87. The Balaban J connectivity index is 0.000000980. The number of fused-ring (bicyclic) bond motifs is 1. The van der Waals surface area contributed by atoms with Crippen molar-refractivity contribution in [2.24, 2.45) is 5.73 Å². The molecule has 0 amide bonds. The van der Waals surface area contributed by atoms with E-state index in [1.807, 2.05) is 12.1 Å². The second kappa shape index (κ2) is 5.75. The van der Waals surface area contributed by atoms with Gasteiger partial charge >= 0.3 is 0 Å². The van der Waals surface area contributed by atoms with Crippen LogP contribution in [0, 0.1) is 0 Å². The van der Waals surface area contributed by atoms with E-state index in [4.69, 9.17) is 5.73 Å². The summed E-state index contributed by atoms with van der Waals surface area (Å²) in [6, 6.07) is 5.51. The van der Waals surface area contributed by atoms with Gasteiger partial charge in [0.05, 0.1) is 0 Å². The molecule has 1 heterocycles. The summed E-state index contributed by atoms with van der Waals surface area (Å²) in [6.07, 6.45) is 3.37. The Morgan fingerprint density at radius 1 is 1.20 bits per heavy atom. The molecule has 2 rings (SSSR count). The van der Waals surface area contributed by atoms with Crippen molar-refractivity contribution in [1.29, 1.82) is 0 Å². The lowest BCUT2D eigenvalue weighted by Gasteiger charge is -2.04. The van der Waals surface area contributed by atoms with Crippen molar-refractivity contribution >= 4 is 35.6 Å². The van der Waals surface area contributed by atoms with Crippen LogP contribution in [0.1, 0.15) is 5.56 Å². The van der Waals surface area contributed by atoms with E-state index in [-0.39, 0.29) is 30.6 Å². The average molecular weight is 247 g/mol. The van der Waals surface area contributed by atoms with Crippen molar-refractivity contribution in [2.75, 3.05) is 0 Å². The normalized spacial score (nSPS) is 9.13. The van der Waals surface area contributed by atoms with Crippen LogP contribution in [0.2, 0.25) is 0 Å². The van der Waals surface area contributed by atoms with Crippen molar-refractivity contribution in [1.82, 2.24) is 4.98 Å². The number of nitrogens with zero attached hydrogens (tertiary/aromatic N) is 1. The number of phenolic OH excluding ortho intramolecular Hbond substituents is 1. The number of benzene rings is 1. The van der Waals surface area contributed by atoms with E-state index in [1.165, 1.54) is 0 Å². The Hall–Kier alpha value is -1.03. The highest BCUT2D eigenvalue weighted by molar-refractivity contribution is 5.88. The van der Waals surface area contributed by atoms with E-state index >= 15 is 0 Å². The van der Waals surface area contributed by atoms with E-state index in [0.29, 0.717) is 6.54 Å². The number of halogens is 2. The Kier molecular flexibility index (Phi) is 5.36. The molecule has 0 bridgehead atoms. The fourth-order valence-electron chi connectivity index (χ4n) is 1.36. The van der Waals surface area contributed by atoms with E-state index in [1.54, 1.807) is 18.5 Å². The molecule has 15 heavy (non-hydrogen) atoms. The maximum absolute atomic E-state index is 9.74. The zero-order valence-corrected chi connectivity index (χ0v) is 9.52. The van der Waals surface area contributed by atoms with E-state index in [0.717, 1.165) is 16.3 Å². The van der Waals surface area contributed by atoms with Gasteiger partial charge in [0.2, 0.25) is 0 Å². The van der Waals surface area contributed by atoms with Crippen LogP contribution in [-0.2, 0) is 6.54 Å². The summed E-state index contributed by atoms with van der Waals surface area (Å²) < 4.78 is 0. The van der Waals surface area contributed by atoms with Crippen molar-refractivity contribution in [3.8, 4) is 5.75 Å². The second-order valence-electron chi connectivity index (χ2n) is 2.87. The summed E-state index contributed by atoms with van der Waals surface area (Å²) >= 11 is 0. The molecule has 0 fully saturated rings. The van der Waals surface area contributed by atoms with E-state index < -0.39 is 0 Å². The largest absolute Gasteiger partial charge is 0.507 e. The van der Waals surface area contributed by atoms with Gasteiger partial charge in [0.25, 0.3) is 0 Å². The van der Waals surface area contributed by atoms with Gasteiger partial charge in [-0.25, -0.2) is 0 Å². The number of hydrogen-bond acceptors (Lipinski definition) is 3. The van der Waals surface area contributed by atoms with Crippen molar-refractivity contribution in [3.05, 3.63) is 36.2 Å². The van der Waals surface area contributed by atoms with Gasteiger partial charge in [-0.3, -0.25) is 4.98 Å². The highest BCUT2D eigenvalue weighted by atomic mass is 35.5. The third-order valence-electron chi connectivity index (χ3n) is 2.10. The zero-order chi connectivity index (χ0) is 9.26. The minimum atomic E-state index is 0. The first-order valence-electron chi connectivity index (χ1n) is 4.07. The highest BCUT2D eigenvalue weighted by Gasteiger charge is 2.03. The van der Waals surface area contributed by atoms with Gasteiger partial charge in [-0.15, -0.1) is 24.8 Å². The van der Waals surface area contributed by atoms with Gasteiger partial charge in [-0.1, -0.05) is 12.1 Å². The van der Waals surface area contributed by atoms with Gasteiger partial charge in [0.1, 0.15) is 5.75 Å². The minimum Gasteiger partial charge on any atom is -0.507 e. The summed E-state index contributed by atoms with van der Waals surface area (Å²) in [4.78, 5) is 3.97. The number of rotatable bonds is 1. The molecule has 0 aliphatic rings. The first-order chi connectivity index (χ1) is 6.33. The third-order valence-corrected chi connectivity index (χ3v) is 2.10. The fraction of sp³-hybridized carbons (Fsp3) is 0.100. The van der Waals surface area contributed by atoms with Crippen molar-refractivity contribution < 1.29 is 5.11 Å². The minimum absolute atomic E-state index is 0. The molecular formula is C10H12Cl2N2O. The SMILES string of the molecule is Cl.Cl.NCc1ccc2cnccc2c1O. The van der Waals surface area contributed by atoms with Gasteiger partial charge in [0, 0.05) is 35.3 Å². The average Bonchev–Trinajstić information content (AvgIpc) is 2.19. The van der Waals surface area contributed by atoms with E-state index in [2.05, 4.69) is 4.98 Å². The Morgan fingerprint density at radius 2 is 1.93 bits per heavy atom. The number of aromatic nitrogens is 1. The quantitative estimate of drug-likeness (QED) is 0.812. The monoisotopic (exact) mass is 246 g/mol. The molecule has 0 spiro atoms. The van der Waals surface area contributed by atoms with Crippen LogP contribution in [0.5, 0.6) is 5.75 Å². The lowest BCUT2D eigenvalue weighted by molar-refractivity contribution is 0.475. The maximum atomic E-state index is 9.74. The number of nitrogens with two attached hydrogens (primary N) is 1. The molecule has 0 aliphatic carbocycles. The molecular weight excluding hydrogens is 235 g/mol. The molecule has 0 saturated carbocycles. The van der Waals surface area contributed by atoms with Crippen LogP contribution in [0.4, 0.5) is 0 Å². The molecule has 0 aliphatic heterocycles.